The summed E-state index contributed by atoms with van der Waals surface area (Å²) in [6, 6.07) is 11.4. The Bertz CT molecular complexity index is 695. The Hall–Kier alpha value is -1.97. The predicted octanol–water partition coefficient (Wildman–Crippen LogP) is 4.40. The average Bonchev–Trinajstić information content (AvgIpc) is 2.65. The molecule has 0 amide bonds. The van der Waals surface area contributed by atoms with Crippen molar-refractivity contribution in [1.82, 2.24) is 0 Å². The standard InChI is InChI=1S/C13H6F3O/c14-13(15,16)8-5-6-10-9-3-1-2-4-11(9)17-12(10)7-8/h2-7H. The Morgan fingerprint density at radius 3 is 2.59 bits per heavy atom. The van der Waals surface area contributed by atoms with Crippen molar-refractivity contribution in [3.63, 3.8) is 0 Å². The molecule has 0 aliphatic rings. The summed E-state index contributed by atoms with van der Waals surface area (Å²) in [5, 5.41) is 1.45. The second-order valence-corrected chi connectivity index (χ2v) is 3.73. The molecular formula is C13H6F3O. The number of halogens is 3. The molecule has 0 bridgehead atoms. The fourth-order valence-corrected chi connectivity index (χ4v) is 1.84. The van der Waals surface area contributed by atoms with Gasteiger partial charge < -0.3 is 4.42 Å². The van der Waals surface area contributed by atoms with Crippen LogP contribution in [0.15, 0.2) is 40.8 Å². The molecule has 1 nitrogen and oxygen atoms in total. The van der Waals surface area contributed by atoms with Crippen LogP contribution in [-0.2, 0) is 6.18 Å². The van der Waals surface area contributed by atoms with Gasteiger partial charge in [0.05, 0.1) is 5.56 Å². The first-order chi connectivity index (χ1) is 8.05. The molecular weight excluding hydrogens is 229 g/mol. The summed E-state index contributed by atoms with van der Waals surface area (Å²) >= 11 is 0. The van der Waals surface area contributed by atoms with Gasteiger partial charge in [-0.3, -0.25) is 0 Å². The van der Waals surface area contributed by atoms with E-state index in [1.54, 1.807) is 18.2 Å². The van der Waals surface area contributed by atoms with Gasteiger partial charge in [-0.1, -0.05) is 6.07 Å². The van der Waals surface area contributed by atoms with Gasteiger partial charge in [0.15, 0.2) is 0 Å². The number of furan rings is 1. The Labute approximate surface area is 94.5 Å². The largest absolute Gasteiger partial charge is 0.456 e. The minimum atomic E-state index is -4.35. The lowest BCUT2D eigenvalue weighted by Gasteiger charge is -2.05. The van der Waals surface area contributed by atoms with Gasteiger partial charge in [0.25, 0.3) is 0 Å². The number of hydrogen-bond donors (Lipinski definition) is 0. The molecule has 0 N–H and O–H groups in total. The van der Waals surface area contributed by atoms with Crippen molar-refractivity contribution in [2.75, 3.05) is 0 Å². The highest BCUT2D eigenvalue weighted by Gasteiger charge is 2.31. The van der Waals surface area contributed by atoms with Crippen molar-refractivity contribution in [3.8, 4) is 0 Å². The normalized spacial score (nSPS) is 12.4. The molecule has 3 aromatic rings. The van der Waals surface area contributed by atoms with Gasteiger partial charge in [-0.2, -0.15) is 13.2 Å². The molecule has 0 aliphatic carbocycles. The average molecular weight is 235 g/mol. The van der Waals surface area contributed by atoms with Crippen LogP contribution in [0.4, 0.5) is 13.2 Å². The molecule has 1 radical (unpaired) electrons. The third-order valence-corrected chi connectivity index (χ3v) is 2.64. The van der Waals surface area contributed by atoms with Crippen molar-refractivity contribution >= 4 is 21.9 Å². The van der Waals surface area contributed by atoms with E-state index in [1.807, 2.05) is 0 Å². The van der Waals surface area contributed by atoms with Gasteiger partial charge in [-0.25, -0.2) is 0 Å². The lowest BCUT2D eigenvalue weighted by atomic mass is 10.1. The first-order valence-electron chi connectivity index (χ1n) is 4.95. The molecule has 2 aromatic carbocycles. The van der Waals surface area contributed by atoms with E-state index in [-0.39, 0.29) is 5.58 Å². The zero-order valence-electron chi connectivity index (χ0n) is 8.51. The van der Waals surface area contributed by atoms with Crippen LogP contribution in [0.2, 0.25) is 0 Å². The van der Waals surface area contributed by atoms with E-state index in [4.69, 9.17) is 4.42 Å². The fraction of sp³-hybridized carbons (Fsp3) is 0.0769. The van der Waals surface area contributed by atoms with E-state index in [1.165, 1.54) is 6.07 Å². The van der Waals surface area contributed by atoms with Crippen molar-refractivity contribution in [2.45, 2.75) is 6.18 Å². The van der Waals surface area contributed by atoms with Gasteiger partial charge >= 0.3 is 6.18 Å². The lowest BCUT2D eigenvalue weighted by Crippen LogP contribution is -2.03. The maximum atomic E-state index is 12.5. The Morgan fingerprint density at radius 2 is 1.82 bits per heavy atom. The van der Waals surface area contributed by atoms with Crippen LogP contribution in [0.1, 0.15) is 5.56 Å². The first-order valence-corrected chi connectivity index (χ1v) is 4.95. The zero-order chi connectivity index (χ0) is 12.0. The Morgan fingerprint density at radius 1 is 1.00 bits per heavy atom. The summed E-state index contributed by atoms with van der Waals surface area (Å²) in [6.45, 7) is 0. The highest BCUT2D eigenvalue weighted by molar-refractivity contribution is 6.04. The molecule has 0 saturated carbocycles. The molecule has 85 valence electrons. The molecule has 0 atom stereocenters. The van der Waals surface area contributed by atoms with Gasteiger partial charge in [0.2, 0.25) is 0 Å². The minimum Gasteiger partial charge on any atom is -0.456 e. The minimum absolute atomic E-state index is 0.245. The van der Waals surface area contributed by atoms with Crippen LogP contribution >= 0.6 is 0 Å². The summed E-state index contributed by atoms with van der Waals surface area (Å²) in [7, 11) is 0. The maximum absolute atomic E-state index is 12.5. The Kier molecular flexibility index (Phi) is 1.96. The Balaban J connectivity index is 2.34. The molecule has 4 heteroatoms. The van der Waals surface area contributed by atoms with Crippen LogP contribution < -0.4 is 0 Å². The number of alkyl halides is 3. The number of rotatable bonds is 0. The van der Waals surface area contributed by atoms with Crippen LogP contribution in [0.5, 0.6) is 0 Å². The zero-order valence-corrected chi connectivity index (χ0v) is 8.51. The fourth-order valence-electron chi connectivity index (χ4n) is 1.84. The molecule has 3 rings (SSSR count). The quantitative estimate of drug-likeness (QED) is 0.562. The third kappa shape index (κ3) is 1.56. The van der Waals surface area contributed by atoms with E-state index in [0.29, 0.717) is 11.0 Å². The highest BCUT2D eigenvalue weighted by atomic mass is 19.4. The van der Waals surface area contributed by atoms with Crippen molar-refractivity contribution in [1.29, 1.82) is 0 Å². The van der Waals surface area contributed by atoms with Crippen molar-refractivity contribution < 1.29 is 17.6 Å². The van der Waals surface area contributed by atoms with Gasteiger partial charge in [-0.05, 0) is 36.4 Å². The SMILES string of the molecule is FC(F)(F)c1ccc2c(c1)oc1cc[c]cc12. The summed E-state index contributed by atoms with van der Waals surface area (Å²) in [6.07, 6.45) is -4.35. The van der Waals surface area contributed by atoms with Gasteiger partial charge in [0, 0.05) is 10.8 Å². The summed E-state index contributed by atoms with van der Waals surface area (Å²) in [4.78, 5) is 0. The molecule has 0 aliphatic heterocycles. The molecule has 0 unspecified atom stereocenters. The topological polar surface area (TPSA) is 13.1 Å². The molecule has 1 heterocycles. The number of fused-ring (bicyclic) bond motifs is 3. The molecule has 1 aromatic heterocycles. The van der Waals surface area contributed by atoms with Crippen LogP contribution in [0.3, 0.4) is 0 Å². The summed E-state index contributed by atoms with van der Waals surface area (Å²) < 4.78 is 42.9. The second-order valence-electron chi connectivity index (χ2n) is 3.73. The molecule has 17 heavy (non-hydrogen) atoms. The highest BCUT2D eigenvalue weighted by Crippen LogP contribution is 2.34. The van der Waals surface area contributed by atoms with Crippen LogP contribution in [0, 0.1) is 6.07 Å². The maximum Gasteiger partial charge on any atom is 0.416 e. The first kappa shape index (κ1) is 10.2. The summed E-state index contributed by atoms with van der Waals surface area (Å²) in [5.74, 6) is 0. The number of benzene rings is 2. The van der Waals surface area contributed by atoms with E-state index < -0.39 is 11.7 Å². The monoisotopic (exact) mass is 235 g/mol. The predicted molar refractivity (Wildman–Crippen MR) is 57.6 cm³/mol. The number of hydrogen-bond acceptors (Lipinski definition) is 1. The lowest BCUT2D eigenvalue weighted by molar-refractivity contribution is -0.137. The third-order valence-electron chi connectivity index (χ3n) is 2.64. The van der Waals surface area contributed by atoms with Gasteiger partial charge in [0.1, 0.15) is 11.2 Å². The molecule has 0 fully saturated rings. The van der Waals surface area contributed by atoms with E-state index in [2.05, 4.69) is 6.07 Å². The van der Waals surface area contributed by atoms with Crippen LogP contribution in [-0.4, -0.2) is 0 Å². The van der Waals surface area contributed by atoms with Gasteiger partial charge in [-0.15, -0.1) is 0 Å². The van der Waals surface area contributed by atoms with E-state index >= 15 is 0 Å². The summed E-state index contributed by atoms with van der Waals surface area (Å²) in [5.41, 5.74) is 0.112. The smallest absolute Gasteiger partial charge is 0.416 e. The van der Waals surface area contributed by atoms with E-state index in [0.717, 1.165) is 17.5 Å². The second kappa shape index (κ2) is 3.26. The van der Waals surface area contributed by atoms with Crippen molar-refractivity contribution in [2.24, 2.45) is 0 Å². The molecule has 0 spiro atoms. The van der Waals surface area contributed by atoms with E-state index in [9.17, 15) is 13.2 Å². The van der Waals surface area contributed by atoms with Crippen molar-refractivity contribution in [3.05, 3.63) is 48.0 Å². The van der Waals surface area contributed by atoms with Crippen LogP contribution in [0.25, 0.3) is 21.9 Å². The molecule has 0 saturated heterocycles.